The monoisotopic (exact) mass is 224 g/mol. The lowest BCUT2D eigenvalue weighted by Gasteiger charge is -2.37. The Morgan fingerprint density at radius 3 is 2.75 bits per heavy atom. The Kier molecular flexibility index (Phi) is 4.66. The molecule has 2 fully saturated rings. The van der Waals surface area contributed by atoms with E-state index >= 15 is 0 Å². The molecule has 0 aromatic heterocycles. The van der Waals surface area contributed by atoms with Gasteiger partial charge in [-0.05, 0) is 50.1 Å². The normalized spacial score (nSPS) is 31.3. The van der Waals surface area contributed by atoms with Crippen LogP contribution in [0.3, 0.4) is 0 Å². The minimum atomic E-state index is 0.553. The van der Waals surface area contributed by atoms with E-state index in [-0.39, 0.29) is 0 Å². The van der Waals surface area contributed by atoms with Crippen molar-refractivity contribution in [2.45, 2.75) is 51.9 Å². The van der Waals surface area contributed by atoms with Gasteiger partial charge in [0, 0.05) is 13.1 Å². The smallest absolute Gasteiger partial charge is 0.00199 e. The fraction of sp³-hybridized carbons (Fsp3) is 1.00. The van der Waals surface area contributed by atoms with Gasteiger partial charge in [-0.25, -0.2) is 0 Å². The largest absolute Gasteiger partial charge is 0.316 e. The summed E-state index contributed by atoms with van der Waals surface area (Å²) in [4.78, 5) is 0. The highest BCUT2D eigenvalue weighted by molar-refractivity contribution is 4.86. The van der Waals surface area contributed by atoms with Crippen molar-refractivity contribution in [1.29, 1.82) is 0 Å². The van der Waals surface area contributed by atoms with Gasteiger partial charge in [0.2, 0.25) is 0 Å². The average molecular weight is 224 g/mol. The Morgan fingerprint density at radius 2 is 2.19 bits per heavy atom. The highest BCUT2D eigenvalue weighted by Gasteiger charge is 2.29. The third-order valence-corrected chi connectivity index (χ3v) is 4.76. The van der Waals surface area contributed by atoms with Crippen LogP contribution in [0.15, 0.2) is 0 Å². The standard InChI is InChI=1S/C14H28N2/c1-2-14(8-4-9-15-11-14)12-16-10-7-13-5-3-6-13/h13,15-16H,2-12H2,1H3. The number of hydrogen-bond donors (Lipinski definition) is 2. The van der Waals surface area contributed by atoms with E-state index < -0.39 is 0 Å². The molecule has 0 aromatic rings. The molecule has 0 aromatic carbocycles. The third-order valence-electron chi connectivity index (χ3n) is 4.76. The van der Waals surface area contributed by atoms with Crippen LogP contribution >= 0.6 is 0 Å². The Hall–Kier alpha value is -0.0800. The molecule has 2 heteroatoms. The summed E-state index contributed by atoms with van der Waals surface area (Å²) in [6, 6.07) is 0. The first-order valence-electron chi connectivity index (χ1n) is 7.26. The maximum absolute atomic E-state index is 3.71. The van der Waals surface area contributed by atoms with E-state index in [2.05, 4.69) is 17.6 Å². The summed E-state index contributed by atoms with van der Waals surface area (Å²) in [7, 11) is 0. The van der Waals surface area contributed by atoms with Crippen molar-refractivity contribution in [2.75, 3.05) is 26.2 Å². The first-order chi connectivity index (χ1) is 7.85. The summed E-state index contributed by atoms with van der Waals surface area (Å²) >= 11 is 0. The zero-order chi connectivity index (χ0) is 11.3. The van der Waals surface area contributed by atoms with Gasteiger partial charge in [-0.2, -0.15) is 0 Å². The van der Waals surface area contributed by atoms with Crippen LogP contribution < -0.4 is 10.6 Å². The van der Waals surface area contributed by atoms with Gasteiger partial charge in [0.05, 0.1) is 0 Å². The van der Waals surface area contributed by atoms with Crippen LogP contribution in [0, 0.1) is 11.3 Å². The number of piperidine rings is 1. The molecule has 1 saturated heterocycles. The molecule has 1 saturated carbocycles. The van der Waals surface area contributed by atoms with Crippen LogP contribution in [-0.4, -0.2) is 26.2 Å². The number of rotatable bonds is 6. The quantitative estimate of drug-likeness (QED) is 0.678. The van der Waals surface area contributed by atoms with Crippen molar-refractivity contribution >= 4 is 0 Å². The van der Waals surface area contributed by atoms with Gasteiger partial charge in [0.25, 0.3) is 0 Å². The van der Waals surface area contributed by atoms with Gasteiger partial charge in [-0.3, -0.25) is 0 Å². The van der Waals surface area contributed by atoms with Crippen LogP contribution in [0.2, 0.25) is 0 Å². The molecular weight excluding hydrogens is 196 g/mol. The molecule has 0 radical (unpaired) electrons. The molecule has 1 aliphatic heterocycles. The minimum Gasteiger partial charge on any atom is -0.316 e. The van der Waals surface area contributed by atoms with Crippen LogP contribution in [0.5, 0.6) is 0 Å². The highest BCUT2D eigenvalue weighted by Crippen LogP contribution is 2.30. The van der Waals surface area contributed by atoms with E-state index in [0.29, 0.717) is 5.41 Å². The molecule has 0 spiro atoms. The van der Waals surface area contributed by atoms with Crippen molar-refractivity contribution in [3.63, 3.8) is 0 Å². The van der Waals surface area contributed by atoms with Gasteiger partial charge in [-0.15, -0.1) is 0 Å². The average Bonchev–Trinajstić information content (AvgIpc) is 2.28. The molecule has 1 atom stereocenters. The number of nitrogens with one attached hydrogen (secondary N) is 2. The first-order valence-corrected chi connectivity index (χ1v) is 7.26. The molecule has 2 rings (SSSR count). The van der Waals surface area contributed by atoms with Crippen LogP contribution in [0.4, 0.5) is 0 Å². The molecule has 16 heavy (non-hydrogen) atoms. The van der Waals surface area contributed by atoms with Gasteiger partial charge >= 0.3 is 0 Å². The SMILES string of the molecule is CCC1(CNCCC2CCC2)CCCNC1. The molecule has 1 aliphatic carbocycles. The Balaban J connectivity index is 1.61. The van der Waals surface area contributed by atoms with E-state index in [9.17, 15) is 0 Å². The van der Waals surface area contributed by atoms with Crippen molar-refractivity contribution in [3.8, 4) is 0 Å². The molecule has 0 bridgehead atoms. The van der Waals surface area contributed by atoms with E-state index in [1.165, 1.54) is 71.1 Å². The topological polar surface area (TPSA) is 24.1 Å². The predicted octanol–water partition coefficient (Wildman–Crippen LogP) is 2.55. The molecule has 94 valence electrons. The Morgan fingerprint density at radius 1 is 1.31 bits per heavy atom. The predicted molar refractivity (Wildman–Crippen MR) is 69.7 cm³/mol. The second kappa shape index (κ2) is 6.02. The van der Waals surface area contributed by atoms with Crippen LogP contribution in [-0.2, 0) is 0 Å². The lowest BCUT2D eigenvalue weighted by molar-refractivity contribution is 0.189. The summed E-state index contributed by atoms with van der Waals surface area (Å²) in [5.41, 5.74) is 0.553. The summed E-state index contributed by atoms with van der Waals surface area (Å²) in [5, 5.41) is 7.26. The zero-order valence-electron chi connectivity index (χ0n) is 10.9. The molecule has 0 amide bonds. The van der Waals surface area contributed by atoms with Gasteiger partial charge < -0.3 is 10.6 Å². The Bertz CT molecular complexity index is 193. The van der Waals surface area contributed by atoms with Gasteiger partial charge in [0.15, 0.2) is 0 Å². The summed E-state index contributed by atoms with van der Waals surface area (Å²) in [6.45, 7) is 7.26. The summed E-state index contributed by atoms with van der Waals surface area (Å²) < 4.78 is 0. The van der Waals surface area contributed by atoms with E-state index in [0.717, 1.165) is 5.92 Å². The lowest BCUT2D eigenvalue weighted by atomic mass is 9.78. The highest BCUT2D eigenvalue weighted by atomic mass is 14.9. The van der Waals surface area contributed by atoms with Crippen molar-refractivity contribution in [2.24, 2.45) is 11.3 Å². The number of hydrogen-bond acceptors (Lipinski definition) is 2. The second-order valence-electron chi connectivity index (χ2n) is 5.90. The summed E-state index contributed by atoms with van der Waals surface area (Å²) in [5.74, 6) is 1.05. The zero-order valence-corrected chi connectivity index (χ0v) is 10.9. The third kappa shape index (κ3) is 3.21. The molecule has 2 aliphatic rings. The van der Waals surface area contributed by atoms with Crippen molar-refractivity contribution in [3.05, 3.63) is 0 Å². The molecular formula is C14H28N2. The van der Waals surface area contributed by atoms with Gasteiger partial charge in [-0.1, -0.05) is 26.2 Å². The van der Waals surface area contributed by atoms with Crippen LogP contribution in [0.1, 0.15) is 51.9 Å². The van der Waals surface area contributed by atoms with Crippen molar-refractivity contribution in [1.82, 2.24) is 10.6 Å². The molecule has 2 N–H and O–H groups in total. The maximum atomic E-state index is 3.71. The maximum Gasteiger partial charge on any atom is 0.00199 e. The van der Waals surface area contributed by atoms with E-state index in [1.807, 2.05) is 0 Å². The Labute approximate surface area is 101 Å². The lowest BCUT2D eigenvalue weighted by Crippen LogP contribution is -2.46. The van der Waals surface area contributed by atoms with E-state index in [1.54, 1.807) is 0 Å². The first kappa shape index (κ1) is 12.4. The van der Waals surface area contributed by atoms with Crippen LogP contribution in [0.25, 0.3) is 0 Å². The molecule has 1 heterocycles. The second-order valence-corrected chi connectivity index (χ2v) is 5.90. The van der Waals surface area contributed by atoms with Gasteiger partial charge in [0.1, 0.15) is 0 Å². The summed E-state index contributed by atoms with van der Waals surface area (Å²) in [6.07, 6.45) is 9.95. The fourth-order valence-corrected chi connectivity index (χ4v) is 3.05. The van der Waals surface area contributed by atoms with Crippen molar-refractivity contribution < 1.29 is 0 Å². The minimum absolute atomic E-state index is 0.553. The van der Waals surface area contributed by atoms with E-state index in [4.69, 9.17) is 0 Å². The molecule has 2 nitrogen and oxygen atoms in total. The molecule has 1 unspecified atom stereocenters. The fourth-order valence-electron chi connectivity index (χ4n) is 3.05.